The Morgan fingerprint density at radius 2 is 2.25 bits per heavy atom. The zero-order chi connectivity index (χ0) is 10.4. The van der Waals surface area contributed by atoms with Gasteiger partial charge in [-0.1, -0.05) is 6.92 Å². The Morgan fingerprint density at radius 3 is 2.58 bits per heavy atom. The van der Waals surface area contributed by atoms with Crippen LogP contribution in [0.25, 0.3) is 0 Å². The highest BCUT2D eigenvalue weighted by Gasteiger charge is 2.21. The molecule has 0 aromatic heterocycles. The third-order valence-corrected chi connectivity index (χ3v) is 1.61. The molecule has 1 atom stereocenters. The van der Waals surface area contributed by atoms with Crippen LogP contribution in [0.4, 0.5) is 0 Å². The number of nitrogens with zero attached hydrogens (tertiary/aromatic N) is 1. The van der Waals surface area contributed by atoms with E-state index < -0.39 is 24.8 Å². The lowest BCUT2D eigenvalue weighted by Gasteiger charge is -2.24. The van der Waals surface area contributed by atoms with Gasteiger partial charge in [-0.15, -0.1) is 0 Å². The quantitative estimate of drug-likeness (QED) is 0.683. The van der Waals surface area contributed by atoms with Crippen LogP contribution in [-0.2, 0) is 9.59 Å². The molecular formula is C8H15NO3. The van der Waals surface area contributed by atoms with Crippen molar-refractivity contribution < 1.29 is 16.1 Å². The van der Waals surface area contributed by atoms with Gasteiger partial charge in [0.05, 0.1) is 0 Å². The van der Waals surface area contributed by atoms with Crippen molar-refractivity contribution in [3.63, 3.8) is 0 Å². The molecule has 0 fully saturated rings. The van der Waals surface area contributed by atoms with Gasteiger partial charge in [-0.3, -0.25) is 4.79 Å². The summed E-state index contributed by atoms with van der Waals surface area (Å²) < 4.78 is 6.87. The molecule has 12 heavy (non-hydrogen) atoms. The summed E-state index contributed by atoms with van der Waals surface area (Å²) in [5.41, 5.74) is 0. The predicted octanol–water partition coefficient (Wildman–Crippen LogP) is 0.718. The Balaban J connectivity index is 4.40. The van der Waals surface area contributed by atoms with Gasteiger partial charge in [-0.2, -0.15) is 0 Å². The van der Waals surface area contributed by atoms with Crippen LogP contribution in [0.5, 0.6) is 0 Å². The Morgan fingerprint density at radius 1 is 1.67 bits per heavy atom. The first-order chi connectivity index (χ1) is 6.04. The van der Waals surface area contributed by atoms with Crippen molar-refractivity contribution in [3.05, 3.63) is 0 Å². The van der Waals surface area contributed by atoms with E-state index in [0.717, 1.165) is 0 Å². The van der Waals surface area contributed by atoms with E-state index in [1.807, 2.05) is 6.92 Å². The second-order valence-electron chi connectivity index (χ2n) is 2.60. The maximum Gasteiger partial charge on any atom is 0.326 e. The van der Waals surface area contributed by atoms with Crippen LogP contribution in [-0.4, -0.2) is 34.5 Å². The van der Waals surface area contributed by atoms with Crippen molar-refractivity contribution in [2.24, 2.45) is 0 Å². The first-order valence-corrected chi connectivity index (χ1v) is 3.86. The normalized spacial score (nSPS) is 13.3. The number of amides is 1. The van der Waals surface area contributed by atoms with E-state index in [1.165, 1.54) is 11.8 Å². The molecule has 0 bridgehead atoms. The molecule has 0 heterocycles. The van der Waals surface area contributed by atoms with Crippen LogP contribution in [0.3, 0.4) is 0 Å². The molecule has 0 aliphatic heterocycles. The van der Waals surface area contributed by atoms with Gasteiger partial charge in [-0.05, 0) is 13.3 Å². The number of carboxylic acid groups (broad SMARTS) is 1. The van der Waals surface area contributed by atoms with E-state index in [1.54, 1.807) is 0 Å². The molecule has 0 aliphatic carbocycles. The second kappa shape index (κ2) is 4.74. The number of hydrogen-bond donors (Lipinski definition) is 1. The van der Waals surface area contributed by atoms with Gasteiger partial charge < -0.3 is 10.0 Å². The van der Waals surface area contributed by atoms with Crippen molar-refractivity contribution in [1.29, 1.82) is 0 Å². The smallest absolute Gasteiger partial charge is 0.326 e. The highest BCUT2D eigenvalue weighted by molar-refractivity contribution is 5.81. The SMILES string of the molecule is [2H]CC(=O)N(CCC)[C@@H](C)C(=O)O. The molecule has 70 valence electrons. The minimum Gasteiger partial charge on any atom is -0.480 e. The fourth-order valence-electron chi connectivity index (χ4n) is 0.909. The summed E-state index contributed by atoms with van der Waals surface area (Å²) in [5, 5.41) is 8.67. The van der Waals surface area contributed by atoms with Crippen molar-refractivity contribution >= 4 is 11.9 Å². The average molecular weight is 174 g/mol. The maximum atomic E-state index is 11.1. The van der Waals surface area contributed by atoms with Crippen LogP contribution < -0.4 is 0 Å². The number of carboxylic acids is 1. The number of aliphatic carboxylic acids is 1. The summed E-state index contributed by atoms with van der Waals surface area (Å²) in [5.74, 6) is -1.47. The predicted molar refractivity (Wildman–Crippen MR) is 44.8 cm³/mol. The minimum atomic E-state index is -1.03. The van der Waals surface area contributed by atoms with Crippen LogP contribution in [0.2, 0.25) is 0 Å². The lowest BCUT2D eigenvalue weighted by Crippen LogP contribution is -2.42. The summed E-state index contributed by atoms with van der Waals surface area (Å²) in [7, 11) is 0. The number of hydrogen-bond acceptors (Lipinski definition) is 2. The minimum absolute atomic E-state index is 0.391. The third-order valence-electron chi connectivity index (χ3n) is 1.61. The van der Waals surface area contributed by atoms with E-state index >= 15 is 0 Å². The van der Waals surface area contributed by atoms with Crippen molar-refractivity contribution in [1.82, 2.24) is 4.90 Å². The molecule has 0 spiro atoms. The molecule has 1 N–H and O–H groups in total. The van der Waals surface area contributed by atoms with Gasteiger partial charge in [0.25, 0.3) is 0 Å². The van der Waals surface area contributed by atoms with Crippen LogP contribution in [0.15, 0.2) is 0 Å². The number of rotatable bonds is 4. The van der Waals surface area contributed by atoms with Crippen LogP contribution >= 0.6 is 0 Å². The molecule has 0 aromatic carbocycles. The third kappa shape index (κ3) is 2.90. The Bertz CT molecular complexity index is 196. The molecule has 0 aromatic rings. The maximum absolute atomic E-state index is 11.1. The van der Waals surface area contributed by atoms with Gasteiger partial charge >= 0.3 is 5.97 Å². The Hall–Kier alpha value is -1.06. The second-order valence-corrected chi connectivity index (χ2v) is 2.60. The fraction of sp³-hybridized carbons (Fsp3) is 0.750. The number of carbonyl (C=O) groups is 2. The van der Waals surface area contributed by atoms with E-state index in [2.05, 4.69) is 0 Å². The van der Waals surface area contributed by atoms with E-state index in [-0.39, 0.29) is 0 Å². The largest absolute Gasteiger partial charge is 0.480 e. The average Bonchev–Trinajstić information content (AvgIpc) is 2.11. The number of carbonyl (C=O) groups excluding carboxylic acids is 1. The van der Waals surface area contributed by atoms with E-state index in [4.69, 9.17) is 6.48 Å². The van der Waals surface area contributed by atoms with Crippen molar-refractivity contribution in [2.75, 3.05) is 6.54 Å². The Kier molecular flexibility index (Phi) is 3.57. The zero-order valence-electron chi connectivity index (χ0n) is 8.41. The van der Waals surface area contributed by atoms with Gasteiger partial charge in [-0.25, -0.2) is 4.79 Å². The molecule has 1 amide bonds. The molecule has 0 saturated carbocycles. The van der Waals surface area contributed by atoms with Gasteiger partial charge in [0.2, 0.25) is 5.91 Å². The van der Waals surface area contributed by atoms with Gasteiger partial charge in [0.15, 0.2) is 0 Å². The molecular weight excluding hydrogens is 158 g/mol. The molecule has 0 aliphatic rings. The first-order valence-electron chi connectivity index (χ1n) is 4.56. The topological polar surface area (TPSA) is 57.6 Å². The summed E-state index contributed by atoms with van der Waals surface area (Å²) in [6, 6.07) is -0.835. The first kappa shape index (κ1) is 9.03. The van der Waals surface area contributed by atoms with Gasteiger partial charge in [0, 0.05) is 14.8 Å². The monoisotopic (exact) mass is 174 g/mol. The van der Waals surface area contributed by atoms with Crippen LogP contribution in [0.1, 0.15) is 28.5 Å². The highest BCUT2D eigenvalue weighted by Crippen LogP contribution is 2.00. The summed E-state index contributed by atoms with van der Waals surface area (Å²) >= 11 is 0. The molecule has 0 saturated heterocycles. The van der Waals surface area contributed by atoms with E-state index in [9.17, 15) is 9.59 Å². The standard InChI is InChI=1S/C8H15NO3/c1-4-5-9(7(3)10)6(2)8(11)12/h6H,4-5H2,1-3H3,(H,11,12)/t6-/m0/s1/i3D. The zero-order valence-corrected chi connectivity index (χ0v) is 7.41. The van der Waals surface area contributed by atoms with Gasteiger partial charge in [0.1, 0.15) is 6.04 Å². The molecule has 0 radical (unpaired) electrons. The van der Waals surface area contributed by atoms with Crippen molar-refractivity contribution in [2.45, 2.75) is 33.2 Å². The lowest BCUT2D eigenvalue weighted by molar-refractivity contribution is -0.148. The summed E-state index contributed by atoms with van der Waals surface area (Å²) in [6.07, 6.45) is 0.698. The van der Waals surface area contributed by atoms with Crippen LogP contribution in [0, 0.1) is 0 Å². The Labute approximate surface area is 73.6 Å². The lowest BCUT2D eigenvalue weighted by atomic mass is 10.2. The summed E-state index contributed by atoms with van der Waals surface area (Å²) in [4.78, 5) is 22.9. The van der Waals surface area contributed by atoms with Crippen molar-refractivity contribution in [3.8, 4) is 0 Å². The fourth-order valence-corrected chi connectivity index (χ4v) is 0.909. The molecule has 0 unspecified atom stereocenters. The van der Waals surface area contributed by atoms with E-state index in [0.29, 0.717) is 13.0 Å². The molecule has 4 nitrogen and oxygen atoms in total. The summed E-state index contributed by atoms with van der Waals surface area (Å²) in [6.45, 7) is 3.31. The molecule has 4 heteroatoms. The highest BCUT2D eigenvalue weighted by atomic mass is 16.4. The molecule has 0 rings (SSSR count).